The molecule has 0 spiro atoms. The standard InChI is InChI=1S/C7H14O2/c1-6(2)5-9-7(3)8-4/h6H,3,5H2,1-2,4H3. The lowest BCUT2D eigenvalue weighted by atomic mass is 10.2. The molecule has 0 atom stereocenters. The Bertz CT molecular complexity index is 86.9. The normalized spacial score (nSPS) is 9.33. The van der Waals surface area contributed by atoms with E-state index in [2.05, 4.69) is 25.2 Å². The summed E-state index contributed by atoms with van der Waals surface area (Å²) < 4.78 is 9.72. The summed E-state index contributed by atoms with van der Waals surface area (Å²) in [6, 6.07) is 0. The highest BCUT2D eigenvalue weighted by molar-refractivity contribution is 4.66. The molecular weight excluding hydrogens is 116 g/mol. The Labute approximate surface area is 56.5 Å². The zero-order valence-electron chi connectivity index (χ0n) is 6.31. The van der Waals surface area contributed by atoms with E-state index in [9.17, 15) is 0 Å². The van der Waals surface area contributed by atoms with E-state index in [1.807, 2.05) is 0 Å². The Kier molecular flexibility index (Phi) is 3.93. The first-order valence-electron chi connectivity index (χ1n) is 3.02. The molecule has 54 valence electrons. The van der Waals surface area contributed by atoms with Crippen molar-refractivity contribution < 1.29 is 9.47 Å². The van der Waals surface area contributed by atoms with Crippen LogP contribution >= 0.6 is 0 Å². The summed E-state index contributed by atoms with van der Waals surface area (Å²) >= 11 is 0. The van der Waals surface area contributed by atoms with Crippen LogP contribution in [-0.2, 0) is 9.47 Å². The lowest BCUT2D eigenvalue weighted by Gasteiger charge is -2.08. The second-order valence-corrected chi connectivity index (χ2v) is 2.28. The molecule has 0 aliphatic heterocycles. The maximum atomic E-state index is 5.04. The van der Waals surface area contributed by atoms with Gasteiger partial charge in [-0.1, -0.05) is 13.8 Å². The average molecular weight is 130 g/mol. The van der Waals surface area contributed by atoms with Gasteiger partial charge < -0.3 is 9.47 Å². The summed E-state index contributed by atoms with van der Waals surface area (Å²) in [6.45, 7) is 8.32. The summed E-state index contributed by atoms with van der Waals surface area (Å²) in [5, 5.41) is 0. The van der Waals surface area contributed by atoms with Crippen LogP contribution in [0.1, 0.15) is 13.8 Å². The predicted molar refractivity (Wildman–Crippen MR) is 36.9 cm³/mol. The highest BCUT2D eigenvalue weighted by Crippen LogP contribution is 1.98. The van der Waals surface area contributed by atoms with Crippen LogP contribution in [0.5, 0.6) is 0 Å². The smallest absolute Gasteiger partial charge is 0.271 e. The second kappa shape index (κ2) is 4.24. The van der Waals surface area contributed by atoms with Crippen molar-refractivity contribution in [1.82, 2.24) is 0 Å². The van der Waals surface area contributed by atoms with Gasteiger partial charge >= 0.3 is 0 Å². The molecule has 9 heavy (non-hydrogen) atoms. The Balaban J connectivity index is 3.17. The first kappa shape index (κ1) is 8.34. The summed E-state index contributed by atoms with van der Waals surface area (Å²) in [5.74, 6) is 0.917. The molecule has 0 saturated heterocycles. The van der Waals surface area contributed by atoms with Crippen molar-refractivity contribution >= 4 is 0 Å². The zero-order valence-corrected chi connectivity index (χ0v) is 6.31. The van der Waals surface area contributed by atoms with E-state index in [-0.39, 0.29) is 0 Å². The number of methoxy groups -OCH3 is 1. The van der Waals surface area contributed by atoms with E-state index in [4.69, 9.17) is 4.74 Å². The van der Waals surface area contributed by atoms with Crippen LogP contribution in [0, 0.1) is 5.92 Å². The molecule has 0 rings (SSSR count). The van der Waals surface area contributed by atoms with Crippen LogP contribution in [0.2, 0.25) is 0 Å². The number of hydrogen-bond acceptors (Lipinski definition) is 2. The maximum absolute atomic E-state index is 5.04. The molecule has 0 aliphatic rings. The molecular formula is C7H14O2. The van der Waals surface area contributed by atoms with Gasteiger partial charge in [0.1, 0.15) is 0 Å². The van der Waals surface area contributed by atoms with Crippen molar-refractivity contribution in [2.75, 3.05) is 13.7 Å². The lowest BCUT2D eigenvalue weighted by Crippen LogP contribution is -2.01. The molecule has 0 amide bonds. The van der Waals surface area contributed by atoms with E-state index in [1.54, 1.807) is 7.11 Å². The van der Waals surface area contributed by atoms with Crippen LogP contribution < -0.4 is 0 Å². The largest absolute Gasteiger partial charge is 0.469 e. The summed E-state index contributed by atoms with van der Waals surface area (Å²) in [6.07, 6.45) is 0. The quantitative estimate of drug-likeness (QED) is 0.540. The molecule has 0 aromatic heterocycles. The number of ether oxygens (including phenoxy) is 2. The fourth-order valence-electron chi connectivity index (χ4n) is 0.319. The summed E-state index contributed by atoms with van der Waals surface area (Å²) in [5.41, 5.74) is 0. The molecule has 0 aromatic carbocycles. The minimum atomic E-state index is 0.392. The minimum Gasteiger partial charge on any atom is -0.469 e. The highest BCUT2D eigenvalue weighted by Gasteiger charge is 1.94. The first-order chi connectivity index (χ1) is 4.16. The molecule has 0 N–H and O–H groups in total. The van der Waals surface area contributed by atoms with E-state index in [1.165, 1.54) is 0 Å². The van der Waals surface area contributed by atoms with Gasteiger partial charge in [0, 0.05) is 0 Å². The van der Waals surface area contributed by atoms with Gasteiger partial charge in [-0.2, -0.15) is 0 Å². The van der Waals surface area contributed by atoms with Gasteiger partial charge in [-0.05, 0) is 12.5 Å². The van der Waals surface area contributed by atoms with Gasteiger partial charge in [0.25, 0.3) is 5.95 Å². The third kappa shape index (κ3) is 5.21. The molecule has 0 heterocycles. The average Bonchev–Trinajstić information content (AvgIpc) is 1.83. The van der Waals surface area contributed by atoms with E-state index >= 15 is 0 Å². The molecule has 2 nitrogen and oxygen atoms in total. The Morgan fingerprint density at radius 2 is 2.11 bits per heavy atom. The van der Waals surface area contributed by atoms with Gasteiger partial charge in [0.15, 0.2) is 0 Å². The monoisotopic (exact) mass is 130 g/mol. The van der Waals surface area contributed by atoms with E-state index in [0.717, 1.165) is 0 Å². The highest BCUT2D eigenvalue weighted by atomic mass is 16.7. The molecule has 0 aliphatic carbocycles. The maximum Gasteiger partial charge on any atom is 0.271 e. The Morgan fingerprint density at radius 1 is 1.56 bits per heavy atom. The van der Waals surface area contributed by atoms with Crippen molar-refractivity contribution in [3.63, 3.8) is 0 Å². The summed E-state index contributed by atoms with van der Waals surface area (Å²) in [7, 11) is 1.54. The third-order valence-electron chi connectivity index (χ3n) is 0.805. The molecule has 0 radical (unpaired) electrons. The van der Waals surface area contributed by atoms with Crippen LogP contribution in [0.3, 0.4) is 0 Å². The molecule has 0 saturated carbocycles. The van der Waals surface area contributed by atoms with Gasteiger partial charge in [-0.25, -0.2) is 0 Å². The van der Waals surface area contributed by atoms with Crippen LogP contribution in [0.4, 0.5) is 0 Å². The van der Waals surface area contributed by atoms with Crippen molar-refractivity contribution in [3.05, 3.63) is 12.5 Å². The van der Waals surface area contributed by atoms with Crippen LogP contribution in [-0.4, -0.2) is 13.7 Å². The van der Waals surface area contributed by atoms with Crippen LogP contribution in [0.15, 0.2) is 12.5 Å². The third-order valence-corrected chi connectivity index (χ3v) is 0.805. The SMILES string of the molecule is C=C(OC)OCC(C)C. The molecule has 0 fully saturated rings. The van der Waals surface area contributed by atoms with Gasteiger partial charge in [0.2, 0.25) is 0 Å². The first-order valence-corrected chi connectivity index (χ1v) is 3.02. The van der Waals surface area contributed by atoms with Crippen molar-refractivity contribution in [2.45, 2.75) is 13.8 Å². The summed E-state index contributed by atoms with van der Waals surface area (Å²) in [4.78, 5) is 0. The molecule has 0 aromatic rings. The fourth-order valence-corrected chi connectivity index (χ4v) is 0.319. The minimum absolute atomic E-state index is 0.392. The van der Waals surface area contributed by atoms with E-state index < -0.39 is 0 Å². The molecule has 0 bridgehead atoms. The van der Waals surface area contributed by atoms with Crippen molar-refractivity contribution in [1.29, 1.82) is 0 Å². The molecule has 2 heteroatoms. The van der Waals surface area contributed by atoms with Gasteiger partial charge in [0.05, 0.1) is 13.7 Å². The molecule has 0 unspecified atom stereocenters. The Hall–Kier alpha value is -0.660. The van der Waals surface area contributed by atoms with E-state index in [0.29, 0.717) is 18.5 Å². The van der Waals surface area contributed by atoms with Crippen LogP contribution in [0.25, 0.3) is 0 Å². The zero-order chi connectivity index (χ0) is 7.28. The van der Waals surface area contributed by atoms with Gasteiger partial charge in [-0.15, -0.1) is 0 Å². The Morgan fingerprint density at radius 3 is 2.44 bits per heavy atom. The topological polar surface area (TPSA) is 18.5 Å². The van der Waals surface area contributed by atoms with Crippen molar-refractivity contribution in [3.8, 4) is 0 Å². The van der Waals surface area contributed by atoms with Gasteiger partial charge in [-0.3, -0.25) is 0 Å². The van der Waals surface area contributed by atoms with Crippen molar-refractivity contribution in [2.24, 2.45) is 5.92 Å². The lowest BCUT2D eigenvalue weighted by molar-refractivity contribution is 0.0507. The fraction of sp³-hybridized carbons (Fsp3) is 0.714. The predicted octanol–water partition coefficient (Wildman–Crippen LogP) is 1.78. The second-order valence-electron chi connectivity index (χ2n) is 2.28. The number of hydrogen-bond donors (Lipinski definition) is 0. The number of rotatable bonds is 4.